The van der Waals surface area contributed by atoms with E-state index in [4.69, 9.17) is 10.2 Å². The van der Waals surface area contributed by atoms with Gasteiger partial charge in [0.05, 0.1) is 5.69 Å². The Morgan fingerprint density at radius 2 is 1.95 bits per heavy atom. The molecule has 0 saturated heterocycles. The topological polar surface area (TPSA) is 101 Å². The second kappa shape index (κ2) is 4.82. The van der Waals surface area contributed by atoms with E-state index in [2.05, 4.69) is 10.3 Å². The predicted octanol–water partition coefficient (Wildman–Crippen LogP) is 2.74. The Kier molecular flexibility index (Phi) is 2.98. The second-order valence-corrected chi connectivity index (χ2v) is 4.66. The van der Waals surface area contributed by atoms with Crippen LogP contribution in [-0.2, 0) is 4.79 Å². The van der Waals surface area contributed by atoms with Crippen molar-refractivity contribution in [2.45, 2.75) is 6.92 Å². The molecule has 1 aromatic heterocycles. The molecule has 0 aliphatic heterocycles. The van der Waals surface area contributed by atoms with E-state index in [1.807, 2.05) is 12.1 Å². The fourth-order valence-corrected chi connectivity index (χ4v) is 2.05. The van der Waals surface area contributed by atoms with Gasteiger partial charge >= 0.3 is 6.01 Å². The van der Waals surface area contributed by atoms with Gasteiger partial charge in [0.25, 0.3) is 0 Å². The SMILES string of the molecule is CC(=O)Nc1nc2cc(-c3ccc(O)c(N)c3)ccc2o1. The average Bonchev–Trinajstić information content (AvgIpc) is 2.82. The van der Waals surface area contributed by atoms with Crippen LogP contribution in [-0.4, -0.2) is 16.0 Å². The van der Waals surface area contributed by atoms with Gasteiger partial charge in [0.15, 0.2) is 5.58 Å². The van der Waals surface area contributed by atoms with E-state index in [-0.39, 0.29) is 17.7 Å². The molecule has 0 radical (unpaired) electrons. The number of oxazole rings is 1. The molecule has 6 heteroatoms. The summed E-state index contributed by atoms with van der Waals surface area (Å²) in [5.74, 6) is -0.192. The van der Waals surface area contributed by atoms with Crippen LogP contribution < -0.4 is 11.1 Å². The summed E-state index contributed by atoms with van der Waals surface area (Å²) in [6, 6.07) is 10.6. The molecule has 6 nitrogen and oxygen atoms in total. The molecule has 0 spiro atoms. The minimum absolute atomic E-state index is 0.0502. The predicted molar refractivity (Wildman–Crippen MR) is 79.8 cm³/mol. The van der Waals surface area contributed by atoms with E-state index in [9.17, 15) is 9.90 Å². The van der Waals surface area contributed by atoms with E-state index in [0.717, 1.165) is 11.1 Å². The van der Waals surface area contributed by atoms with E-state index in [1.165, 1.54) is 6.92 Å². The van der Waals surface area contributed by atoms with Gasteiger partial charge < -0.3 is 15.3 Å². The van der Waals surface area contributed by atoms with E-state index in [1.54, 1.807) is 24.3 Å². The number of hydrogen-bond acceptors (Lipinski definition) is 5. The van der Waals surface area contributed by atoms with Crippen molar-refractivity contribution in [3.8, 4) is 16.9 Å². The summed E-state index contributed by atoms with van der Waals surface area (Å²) in [4.78, 5) is 15.2. The van der Waals surface area contributed by atoms with Crippen LogP contribution in [0.15, 0.2) is 40.8 Å². The van der Waals surface area contributed by atoms with Gasteiger partial charge in [-0.15, -0.1) is 0 Å². The Balaban J connectivity index is 2.03. The Morgan fingerprint density at radius 3 is 2.67 bits per heavy atom. The van der Waals surface area contributed by atoms with Crippen molar-refractivity contribution < 1.29 is 14.3 Å². The molecule has 0 aliphatic carbocycles. The maximum atomic E-state index is 11.0. The Morgan fingerprint density at radius 1 is 1.24 bits per heavy atom. The second-order valence-electron chi connectivity index (χ2n) is 4.66. The number of carbonyl (C=O) groups is 1. The molecular weight excluding hydrogens is 270 g/mol. The molecule has 0 fully saturated rings. The smallest absolute Gasteiger partial charge is 0.302 e. The summed E-state index contributed by atoms with van der Waals surface area (Å²) >= 11 is 0. The number of carbonyl (C=O) groups excluding carboxylic acids is 1. The molecule has 0 aliphatic rings. The van der Waals surface area contributed by atoms with Crippen LogP contribution >= 0.6 is 0 Å². The van der Waals surface area contributed by atoms with Gasteiger partial charge in [-0.25, -0.2) is 0 Å². The van der Waals surface area contributed by atoms with Gasteiger partial charge in [0.1, 0.15) is 11.3 Å². The third-order valence-electron chi connectivity index (χ3n) is 3.03. The van der Waals surface area contributed by atoms with Crippen molar-refractivity contribution in [2.75, 3.05) is 11.1 Å². The molecule has 2 aromatic carbocycles. The fraction of sp³-hybridized carbons (Fsp3) is 0.0667. The van der Waals surface area contributed by atoms with Crippen LogP contribution in [0.2, 0.25) is 0 Å². The number of anilines is 2. The molecule has 1 amide bonds. The van der Waals surface area contributed by atoms with Crippen LogP contribution in [0.25, 0.3) is 22.2 Å². The Labute approximate surface area is 120 Å². The molecule has 1 heterocycles. The highest BCUT2D eigenvalue weighted by atomic mass is 16.4. The van der Waals surface area contributed by atoms with E-state index >= 15 is 0 Å². The van der Waals surface area contributed by atoms with Gasteiger partial charge in [0, 0.05) is 6.92 Å². The number of rotatable bonds is 2. The number of benzene rings is 2. The summed E-state index contributed by atoms with van der Waals surface area (Å²) in [5, 5.41) is 12.0. The van der Waals surface area contributed by atoms with Crippen LogP contribution in [0.5, 0.6) is 5.75 Å². The van der Waals surface area contributed by atoms with Crippen molar-refractivity contribution in [3.05, 3.63) is 36.4 Å². The van der Waals surface area contributed by atoms with Crippen LogP contribution in [0.1, 0.15) is 6.92 Å². The highest BCUT2D eigenvalue weighted by Crippen LogP contribution is 2.30. The first-order valence-electron chi connectivity index (χ1n) is 6.30. The molecule has 106 valence electrons. The lowest BCUT2D eigenvalue weighted by molar-refractivity contribution is -0.114. The van der Waals surface area contributed by atoms with Crippen molar-refractivity contribution in [2.24, 2.45) is 0 Å². The van der Waals surface area contributed by atoms with Gasteiger partial charge in [-0.05, 0) is 35.4 Å². The van der Waals surface area contributed by atoms with Gasteiger partial charge in [-0.1, -0.05) is 12.1 Å². The van der Waals surface area contributed by atoms with Crippen LogP contribution in [0, 0.1) is 0 Å². The van der Waals surface area contributed by atoms with Crippen molar-refractivity contribution in [1.29, 1.82) is 0 Å². The molecule has 4 N–H and O–H groups in total. The van der Waals surface area contributed by atoms with Crippen molar-refractivity contribution >= 4 is 28.7 Å². The molecule has 0 saturated carbocycles. The quantitative estimate of drug-likeness (QED) is 0.496. The lowest BCUT2D eigenvalue weighted by atomic mass is 10.0. The van der Waals surface area contributed by atoms with Gasteiger partial charge in [-0.2, -0.15) is 4.98 Å². The van der Waals surface area contributed by atoms with Gasteiger partial charge in [0.2, 0.25) is 5.91 Å². The Hall–Kier alpha value is -3.02. The number of hydrogen-bond donors (Lipinski definition) is 3. The molecule has 21 heavy (non-hydrogen) atoms. The number of nitrogens with one attached hydrogen (secondary N) is 1. The molecular formula is C15H13N3O3. The highest BCUT2D eigenvalue weighted by molar-refractivity contribution is 5.89. The first-order chi connectivity index (χ1) is 10.0. The molecule has 0 atom stereocenters. The summed E-state index contributed by atoms with van der Waals surface area (Å²) in [5.41, 5.74) is 8.96. The first-order valence-corrected chi connectivity index (χ1v) is 6.30. The monoisotopic (exact) mass is 283 g/mol. The molecule has 0 unspecified atom stereocenters. The summed E-state index contributed by atoms with van der Waals surface area (Å²) in [7, 11) is 0. The maximum Gasteiger partial charge on any atom is 0.302 e. The normalized spacial score (nSPS) is 10.7. The third-order valence-corrected chi connectivity index (χ3v) is 3.03. The van der Waals surface area contributed by atoms with Crippen molar-refractivity contribution in [3.63, 3.8) is 0 Å². The van der Waals surface area contributed by atoms with Crippen molar-refractivity contribution in [1.82, 2.24) is 4.98 Å². The highest BCUT2D eigenvalue weighted by Gasteiger charge is 2.09. The lowest BCUT2D eigenvalue weighted by Crippen LogP contribution is -2.05. The minimum atomic E-state index is -0.243. The standard InChI is InChI=1S/C15H13N3O3/c1-8(19)17-15-18-12-7-10(3-5-14(12)21-15)9-2-4-13(20)11(16)6-9/h2-7,20H,16H2,1H3,(H,17,18,19). The first kappa shape index (κ1) is 13.0. The number of nitrogen functional groups attached to an aromatic ring is 1. The zero-order valence-electron chi connectivity index (χ0n) is 11.3. The summed E-state index contributed by atoms with van der Waals surface area (Å²) in [6.07, 6.45) is 0. The molecule has 3 rings (SSSR count). The molecule has 3 aromatic rings. The van der Waals surface area contributed by atoms with Crippen LogP contribution in [0.4, 0.5) is 11.7 Å². The minimum Gasteiger partial charge on any atom is -0.506 e. The largest absolute Gasteiger partial charge is 0.506 e. The zero-order chi connectivity index (χ0) is 15.0. The fourth-order valence-electron chi connectivity index (χ4n) is 2.05. The summed E-state index contributed by atoms with van der Waals surface area (Å²) < 4.78 is 5.40. The number of phenolic OH excluding ortho intramolecular Hbond substituents is 1. The number of fused-ring (bicyclic) bond motifs is 1. The number of aromatic hydroxyl groups is 1. The average molecular weight is 283 g/mol. The number of nitrogens with two attached hydrogens (primary N) is 1. The Bertz CT molecular complexity index is 839. The number of amides is 1. The van der Waals surface area contributed by atoms with E-state index < -0.39 is 0 Å². The number of phenols is 1. The summed E-state index contributed by atoms with van der Waals surface area (Å²) in [6.45, 7) is 1.39. The number of nitrogens with zero attached hydrogens (tertiary/aromatic N) is 1. The van der Waals surface area contributed by atoms with Crippen LogP contribution in [0.3, 0.4) is 0 Å². The third kappa shape index (κ3) is 2.51. The van der Waals surface area contributed by atoms with E-state index in [0.29, 0.717) is 16.8 Å². The lowest BCUT2D eigenvalue weighted by Gasteiger charge is -2.04. The molecule has 0 bridgehead atoms. The van der Waals surface area contributed by atoms with Gasteiger partial charge in [-0.3, -0.25) is 10.1 Å². The number of aromatic nitrogens is 1. The maximum absolute atomic E-state index is 11.0. The zero-order valence-corrected chi connectivity index (χ0v) is 11.3.